The van der Waals surface area contributed by atoms with Crippen LogP contribution < -0.4 is 4.89 Å². The van der Waals surface area contributed by atoms with Crippen molar-refractivity contribution in [3.8, 4) is 0 Å². The molecular formula is C80H134NO8P. The molecule has 2 atom stereocenters. The molecule has 0 saturated heterocycles. The summed E-state index contributed by atoms with van der Waals surface area (Å²) in [5.41, 5.74) is 0. The lowest BCUT2D eigenvalue weighted by atomic mass is 10.0. The van der Waals surface area contributed by atoms with Crippen LogP contribution >= 0.6 is 7.82 Å². The lowest BCUT2D eigenvalue weighted by molar-refractivity contribution is -0.870. The summed E-state index contributed by atoms with van der Waals surface area (Å²) < 4.78 is 34.3. The van der Waals surface area contributed by atoms with Crippen molar-refractivity contribution in [2.75, 3.05) is 47.5 Å². The summed E-state index contributed by atoms with van der Waals surface area (Å²) in [5, 5.41) is 0. The van der Waals surface area contributed by atoms with E-state index >= 15 is 0 Å². The minimum Gasteiger partial charge on any atom is -0.756 e. The maximum Gasteiger partial charge on any atom is 0.306 e. The third-order valence-electron chi connectivity index (χ3n) is 15.0. The number of rotatable bonds is 65. The summed E-state index contributed by atoms with van der Waals surface area (Å²) in [5.74, 6) is -0.839. The van der Waals surface area contributed by atoms with E-state index in [0.717, 1.165) is 128 Å². The van der Waals surface area contributed by atoms with E-state index in [-0.39, 0.29) is 32.0 Å². The standard InChI is InChI=1S/C80H134NO8P/c1-6-8-10-12-14-16-18-20-22-24-26-28-30-32-34-36-37-38-39-40-41-42-43-45-47-49-51-53-55-57-59-61-63-65-67-69-71-73-80(83)89-78(77-88-90(84,85)87-75-74-81(3,4)5)76-86-79(82)72-70-68-66-64-62-60-58-56-54-52-50-48-46-44-35-33-31-29-27-25-23-21-19-17-15-13-11-9-7-2/h8-11,14-17,20-23,26-29,32-35,37-38,40-41,43,45,78H,6-7,12-13,18-19,24-25,30-31,36,39,42,44,46-77H2,1-5H3/b10-8-,11-9-,16-14-,17-15-,22-20-,23-21-,28-26-,29-27-,34-32-,35-33-,38-37-,41-40-,45-43-. The average molecular weight is 1270 g/mol. The Morgan fingerprint density at radius 1 is 0.344 bits per heavy atom. The molecule has 9 nitrogen and oxygen atoms in total. The van der Waals surface area contributed by atoms with Gasteiger partial charge in [-0.05, 0) is 122 Å². The van der Waals surface area contributed by atoms with Crippen LogP contribution in [0.2, 0.25) is 0 Å². The van der Waals surface area contributed by atoms with Crippen LogP contribution in [-0.2, 0) is 32.7 Å². The molecule has 2 unspecified atom stereocenters. The first kappa shape index (κ1) is 85.6. The monoisotopic (exact) mass is 1270 g/mol. The first-order valence-electron chi connectivity index (χ1n) is 36.2. The van der Waals surface area contributed by atoms with Crippen molar-refractivity contribution >= 4 is 19.8 Å². The number of likely N-dealkylation sites (N-methyl/N-ethyl adjacent to an activating group) is 1. The van der Waals surface area contributed by atoms with Gasteiger partial charge < -0.3 is 27.9 Å². The second-order valence-electron chi connectivity index (χ2n) is 24.8. The van der Waals surface area contributed by atoms with E-state index < -0.39 is 26.5 Å². The lowest BCUT2D eigenvalue weighted by Gasteiger charge is -2.28. The first-order valence-corrected chi connectivity index (χ1v) is 37.7. The Kier molecular flexibility index (Phi) is 65.6. The molecule has 0 radical (unpaired) electrons. The van der Waals surface area contributed by atoms with E-state index in [2.05, 4.69) is 172 Å². The van der Waals surface area contributed by atoms with E-state index in [4.69, 9.17) is 18.5 Å². The molecule has 0 heterocycles. The van der Waals surface area contributed by atoms with Crippen molar-refractivity contribution in [3.05, 3.63) is 158 Å². The van der Waals surface area contributed by atoms with Crippen LogP contribution in [0.25, 0.3) is 0 Å². The Labute approximate surface area is 554 Å². The summed E-state index contributed by atoms with van der Waals surface area (Å²) >= 11 is 0. The van der Waals surface area contributed by atoms with Crippen LogP contribution in [0.1, 0.15) is 284 Å². The van der Waals surface area contributed by atoms with Gasteiger partial charge in [-0.3, -0.25) is 14.2 Å². The number of carbonyl (C=O) groups excluding carboxylic acids is 2. The SMILES string of the molecule is CC/C=C\C/C=C\C/C=C\C/C=C\C/C=C\C/C=C\C/C=C\C/C=C\CCCCCCCCCCCCCCC(=O)OC(COC(=O)CCCCCCCCCCCCCCC/C=C\C/C=C\C/C=C\C/C=C\C/C=C\CC)COP(=O)([O-])OCC[N+](C)(C)C. The summed E-state index contributed by atoms with van der Waals surface area (Å²) in [6, 6.07) is 0. The number of unbranched alkanes of at least 4 members (excludes halogenated alkanes) is 25. The van der Waals surface area contributed by atoms with Gasteiger partial charge in [0.1, 0.15) is 19.8 Å². The highest BCUT2D eigenvalue weighted by Crippen LogP contribution is 2.38. The Bertz CT molecular complexity index is 2080. The normalized spacial score (nSPS) is 14.1. The highest BCUT2D eigenvalue weighted by atomic mass is 31.2. The van der Waals surface area contributed by atoms with Gasteiger partial charge in [0.2, 0.25) is 0 Å². The van der Waals surface area contributed by atoms with Crippen LogP contribution in [-0.4, -0.2) is 70.0 Å². The second kappa shape index (κ2) is 69.0. The van der Waals surface area contributed by atoms with E-state index in [1.54, 1.807) is 0 Å². The summed E-state index contributed by atoms with van der Waals surface area (Å²) in [4.78, 5) is 38.1. The zero-order chi connectivity index (χ0) is 65.5. The molecule has 0 aliphatic carbocycles. The number of hydrogen-bond acceptors (Lipinski definition) is 8. The van der Waals surface area contributed by atoms with Gasteiger partial charge in [-0.15, -0.1) is 0 Å². The van der Waals surface area contributed by atoms with Gasteiger partial charge >= 0.3 is 11.9 Å². The number of carbonyl (C=O) groups is 2. The van der Waals surface area contributed by atoms with Crippen LogP contribution in [0.4, 0.5) is 0 Å². The molecule has 0 rings (SSSR count). The topological polar surface area (TPSA) is 111 Å². The fourth-order valence-corrected chi connectivity index (χ4v) is 10.3. The van der Waals surface area contributed by atoms with Crippen molar-refractivity contribution in [1.29, 1.82) is 0 Å². The predicted molar refractivity (Wildman–Crippen MR) is 387 cm³/mol. The Morgan fingerprint density at radius 3 is 0.889 bits per heavy atom. The number of nitrogens with zero attached hydrogens (tertiary/aromatic N) is 1. The van der Waals surface area contributed by atoms with Gasteiger partial charge in [-0.2, -0.15) is 0 Å². The molecule has 0 fully saturated rings. The summed E-state index contributed by atoms with van der Waals surface area (Å²) in [6.45, 7) is 4.01. The molecule has 0 aromatic heterocycles. The zero-order valence-corrected chi connectivity index (χ0v) is 59.2. The fraction of sp³-hybridized carbons (Fsp3) is 0.650. The molecule has 512 valence electrons. The summed E-state index contributed by atoms with van der Waals surface area (Å²) in [7, 11) is 1.15. The molecule has 0 aliphatic heterocycles. The van der Waals surface area contributed by atoms with Gasteiger partial charge in [0.15, 0.2) is 6.10 Å². The Balaban J connectivity index is 4.08. The molecule has 90 heavy (non-hydrogen) atoms. The molecule has 0 N–H and O–H groups in total. The maximum absolute atomic E-state index is 12.9. The van der Waals surface area contributed by atoms with Crippen LogP contribution in [0.3, 0.4) is 0 Å². The quantitative estimate of drug-likeness (QED) is 0.0195. The minimum absolute atomic E-state index is 0.0379. The Hall–Kier alpha value is -4.37. The molecule has 0 aromatic rings. The van der Waals surface area contributed by atoms with Crippen molar-refractivity contribution < 1.29 is 42.1 Å². The Morgan fingerprint density at radius 2 is 0.600 bits per heavy atom. The molecule has 0 amide bonds. The van der Waals surface area contributed by atoms with E-state index in [0.29, 0.717) is 17.4 Å². The summed E-state index contributed by atoms with van der Waals surface area (Å²) in [6.07, 6.45) is 103. The third kappa shape index (κ3) is 72.7. The number of phosphoric acid groups is 1. The zero-order valence-electron chi connectivity index (χ0n) is 58.3. The number of hydrogen-bond donors (Lipinski definition) is 0. The van der Waals surface area contributed by atoms with E-state index in [9.17, 15) is 19.0 Å². The van der Waals surface area contributed by atoms with E-state index in [1.165, 1.54) is 122 Å². The number of quaternary nitrogens is 1. The smallest absolute Gasteiger partial charge is 0.306 e. The molecule has 0 saturated carbocycles. The third-order valence-corrected chi connectivity index (χ3v) is 16.0. The fourth-order valence-electron chi connectivity index (χ4n) is 9.58. The number of ether oxygens (including phenoxy) is 2. The molecule has 10 heteroatoms. The molecule has 0 spiro atoms. The van der Waals surface area contributed by atoms with Crippen molar-refractivity contribution in [2.24, 2.45) is 0 Å². The lowest BCUT2D eigenvalue weighted by Crippen LogP contribution is -2.37. The molecule has 0 bridgehead atoms. The highest BCUT2D eigenvalue weighted by molar-refractivity contribution is 7.45. The van der Waals surface area contributed by atoms with Gasteiger partial charge in [0.25, 0.3) is 7.82 Å². The number of esters is 2. The molecule has 0 aliphatic rings. The van der Waals surface area contributed by atoms with Crippen LogP contribution in [0.5, 0.6) is 0 Å². The number of allylic oxidation sites excluding steroid dienone is 26. The van der Waals surface area contributed by atoms with Crippen LogP contribution in [0, 0.1) is 0 Å². The van der Waals surface area contributed by atoms with Crippen LogP contribution in [0.15, 0.2) is 158 Å². The van der Waals surface area contributed by atoms with Crippen molar-refractivity contribution in [1.82, 2.24) is 0 Å². The second-order valence-corrected chi connectivity index (χ2v) is 26.2. The van der Waals surface area contributed by atoms with Gasteiger partial charge in [-0.25, -0.2) is 0 Å². The van der Waals surface area contributed by atoms with Gasteiger partial charge in [-0.1, -0.05) is 307 Å². The minimum atomic E-state index is -4.65. The van der Waals surface area contributed by atoms with Gasteiger partial charge in [0.05, 0.1) is 27.7 Å². The largest absolute Gasteiger partial charge is 0.756 e. The highest BCUT2D eigenvalue weighted by Gasteiger charge is 2.22. The van der Waals surface area contributed by atoms with Crippen molar-refractivity contribution in [3.63, 3.8) is 0 Å². The maximum atomic E-state index is 12.9. The van der Waals surface area contributed by atoms with Crippen molar-refractivity contribution in [2.45, 2.75) is 290 Å². The predicted octanol–water partition coefficient (Wildman–Crippen LogP) is 23.3. The van der Waals surface area contributed by atoms with Gasteiger partial charge in [0, 0.05) is 12.8 Å². The molecule has 0 aromatic carbocycles. The number of phosphoric ester groups is 1. The average Bonchev–Trinajstić information content (AvgIpc) is 3.58. The first-order chi connectivity index (χ1) is 44.0. The van der Waals surface area contributed by atoms with E-state index in [1.807, 2.05) is 21.1 Å². The molecular weight excluding hydrogens is 1130 g/mol.